The summed E-state index contributed by atoms with van der Waals surface area (Å²) >= 11 is 0. The zero-order valence-corrected chi connectivity index (χ0v) is 18.2. The summed E-state index contributed by atoms with van der Waals surface area (Å²) in [6.45, 7) is 6.80. The highest BCUT2D eigenvalue weighted by Gasteiger charge is 2.15. The Balaban J connectivity index is 1.73. The third kappa shape index (κ3) is 8.11. The van der Waals surface area contributed by atoms with E-state index < -0.39 is 21.5 Å². The number of benzene rings is 1. The van der Waals surface area contributed by atoms with Gasteiger partial charge in [-0.15, -0.1) is 0 Å². The lowest BCUT2D eigenvalue weighted by Gasteiger charge is -2.19. The molecule has 0 saturated carbocycles. The summed E-state index contributed by atoms with van der Waals surface area (Å²) in [5, 5.41) is 5.98. The van der Waals surface area contributed by atoms with Gasteiger partial charge in [0.25, 0.3) is 0 Å². The van der Waals surface area contributed by atoms with Gasteiger partial charge >= 0.3 is 6.09 Å². The lowest BCUT2D eigenvalue weighted by atomic mass is 10.1. The molecule has 2 aromatic rings. The molecule has 1 amide bonds. The summed E-state index contributed by atoms with van der Waals surface area (Å²) in [6, 6.07) is 10.6. The molecule has 7 nitrogen and oxygen atoms in total. The number of pyridine rings is 1. The molecule has 1 aromatic carbocycles. The minimum absolute atomic E-state index is 0.300. The van der Waals surface area contributed by atoms with Crippen molar-refractivity contribution in [2.75, 3.05) is 24.7 Å². The number of anilines is 1. The maximum atomic E-state index is 11.5. The van der Waals surface area contributed by atoms with Gasteiger partial charge in [0.15, 0.2) is 9.84 Å². The summed E-state index contributed by atoms with van der Waals surface area (Å²) in [7, 11) is -3.19. The van der Waals surface area contributed by atoms with Gasteiger partial charge in [0.2, 0.25) is 0 Å². The molecule has 2 N–H and O–H groups in total. The molecule has 0 bridgehead atoms. The Kier molecular flexibility index (Phi) is 7.61. The van der Waals surface area contributed by atoms with Gasteiger partial charge < -0.3 is 15.4 Å². The fraction of sp³-hybridized carbons (Fsp3) is 0.429. The Hall–Kier alpha value is -2.61. The van der Waals surface area contributed by atoms with Crippen molar-refractivity contribution in [3.05, 3.63) is 42.6 Å². The molecule has 0 spiro atoms. The van der Waals surface area contributed by atoms with Crippen LogP contribution < -0.4 is 10.6 Å². The van der Waals surface area contributed by atoms with E-state index in [0.717, 1.165) is 36.3 Å². The van der Waals surface area contributed by atoms with E-state index in [0.29, 0.717) is 11.4 Å². The number of hydrogen-bond donors (Lipinski definition) is 2. The topological polar surface area (TPSA) is 97.4 Å². The van der Waals surface area contributed by atoms with Crippen LogP contribution in [0.25, 0.3) is 11.1 Å². The van der Waals surface area contributed by atoms with Gasteiger partial charge in [0, 0.05) is 31.1 Å². The molecule has 8 heteroatoms. The van der Waals surface area contributed by atoms with E-state index in [9.17, 15) is 13.2 Å². The largest absolute Gasteiger partial charge is 0.444 e. The zero-order chi connectivity index (χ0) is 21.5. The van der Waals surface area contributed by atoms with Crippen molar-refractivity contribution < 1.29 is 17.9 Å². The van der Waals surface area contributed by atoms with Crippen LogP contribution in [0.15, 0.2) is 47.5 Å². The third-order valence-corrected chi connectivity index (χ3v) is 5.09. The maximum Gasteiger partial charge on any atom is 0.407 e. The standard InChI is InChI=1S/C21H29N3O4S/c1-21(2,3)28-20(25)23-14-6-5-13-22-19-12-9-17(15-24-19)16-7-10-18(11-8-16)29(4,26)27/h7-12,15H,5-6,13-14H2,1-4H3,(H,22,24)(H,23,25). The van der Waals surface area contributed by atoms with E-state index in [1.165, 1.54) is 6.26 Å². The van der Waals surface area contributed by atoms with Gasteiger partial charge in [-0.25, -0.2) is 18.2 Å². The lowest BCUT2D eigenvalue weighted by Crippen LogP contribution is -2.33. The van der Waals surface area contributed by atoms with Crippen LogP contribution in [0.3, 0.4) is 0 Å². The monoisotopic (exact) mass is 419 g/mol. The van der Waals surface area contributed by atoms with Crippen LogP contribution in [0, 0.1) is 0 Å². The molecule has 0 saturated heterocycles. The molecule has 1 heterocycles. The Morgan fingerprint density at radius 2 is 1.62 bits per heavy atom. The first-order chi connectivity index (χ1) is 13.5. The third-order valence-electron chi connectivity index (χ3n) is 3.96. The lowest BCUT2D eigenvalue weighted by molar-refractivity contribution is 0.0527. The number of nitrogens with one attached hydrogen (secondary N) is 2. The number of carbonyl (C=O) groups excluding carboxylic acids is 1. The number of carbonyl (C=O) groups is 1. The van der Waals surface area contributed by atoms with Crippen LogP contribution in [-0.2, 0) is 14.6 Å². The summed E-state index contributed by atoms with van der Waals surface area (Å²) in [5.41, 5.74) is 1.33. The van der Waals surface area contributed by atoms with Gasteiger partial charge in [0.05, 0.1) is 4.90 Å². The number of alkyl carbamates (subject to hydrolysis) is 1. The van der Waals surface area contributed by atoms with E-state index in [1.807, 2.05) is 32.9 Å². The fourth-order valence-corrected chi connectivity index (χ4v) is 3.17. The molecule has 158 valence electrons. The van der Waals surface area contributed by atoms with E-state index in [-0.39, 0.29) is 0 Å². The Bertz CT molecular complexity index is 902. The van der Waals surface area contributed by atoms with Crippen LogP contribution in [-0.4, -0.2) is 44.4 Å². The number of unbranched alkanes of at least 4 members (excludes halogenated alkanes) is 1. The van der Waals surface area contributed by atoms with Gasteiger partial charge in [0.1, 0.15) is 11.4 Å². The molecule has 0 atom stereocenters. The van der Waals surface area contributed by atoms with E-state index >= 15 is 0 Å². The smallest absolute Gasteiger partial charge is 0.407 e. The number of aromatic nitrogens is 1. The minimum Gasteiger partial charge on any atom is -0.444 e. The second kappa shape index (κ2) is 9.73. The second-order valence-electron chi connectivity index (χ2n) is 7.79. The normalized spacial score (nSPS) is 11.7. The van der Waals surface area contributed by atoms with Crippen molar-refractivity contribution in [3.8, 4) is 11.1 Å². The van der Waals surface area contributed by atoms with E-state index in [1.54, 1.807) is 30.5 Å². The number of hydrogen-bond acceptors (Lipinski definition) is 6. The van der Waals surface area contributed by atoms with Crippen molar-refractivity contribution in [3.63, 3.8) is 0 Å². The molecular weight excluding hydrogens is 390 g/mol. The van der Waals surface area contributed by atoms with Crippen molar-refractivity contribution in [1.29, 1.82) is 0 Å². The first-order valence-electron chi connectivity index (χ1n) is 9.52. The van der Waals surface area contributed by atoms with E-state index in [4.69, 9.17) is 4.74 Å². The first-order valence-corrected chi connectivity index (χ1v) is 11.4. The Labute approximate surface area is 172 Å². The number of nitrogens with zero attached hydrogens (tertiary/aromatic N) is 1. The van der Waals surface area contributed by atoms with Gasteiger partial charge in [-0.2, -0.15) is 0 Å². The van der Waals surface area contributed by atoms with Crippen molar-refractivity contribution in [2.45, 2.75) is 44.1 Å². The van der Waals surface area contributed by atoms with Crippen LogP contribution in [0.2, 0.25) is 0 Å². The highest BCUT2D eigenvalue weighted by molar-refractivity contribution is 7.90. The summed E-state index contributed by atoms with van der Waals surface area (Å²) < 4.78 is 28.2. The summed E-state index contributed by atoms with van der Waals surface area (Å²) in [5.74, 6) is 0.765. The first kappa shape index (κ1) is 22.7. The second-order valence-corrected chi connectivity index (χ2v) is 9.81. The number of ether oxygens (including phenoxy) is 1. The van der Waals surface area contributed by atoms with Crippen LogP contribution >= 0.6 is 0 Å². The Morgan fingerprint density at radius 3 is 2.17 bits per heavy atom. The molecule has 0 radical (unpaired) electrons. The van der Waals surface area contributed by atoms with Crippen LogP contribution in [0.1, 0.15) is 33.6 Å². The molecule has 0 aliphatic carbocycles. The summed E-state index contributed by atoms with van der Waals surface area (Å²) in [6.07, 6.45) is 4.26. The van der Waals surface area contributed by atoms with Crippen LogP contribution in [0.5, 0.6) is 0 Å². The maximum absolute atomic E-state index is 11.5. The van der Waals surface area contributed by atoms with Crippen LogP contribution in [0.4, 0.5) is 10.6 Å². The SMILES string of the molecule is CC(C)(C)OC(=O)NCCCCNc1ccc(-c2ccc(S(C)(=O)=O)cc2)cn1. The number of rotatable bonds is 8. The Morgan fingerprint density at radius 1 is 1.00 bits per heavy atom. The molecule has 0 fully saturated rings. The molecule has 29 heavy (non-hydrogen) atoms. The molecule has 0 aliphatic rings. The highest BCUT2D eigenvalue weighted by atomic mass is 32.2. The molecule has 1 aromatic heterocycles. The minimum atomic E-state index is -3.19. The average Bonchev–Trinajstić information content (AvgIpc) is 2.63. The zero-order valence-electron chi connectivity index (χ0n) is 17.4. The van der Waals surface area contributed by atoms with Crippen molar-refractivity contribution in [1.82, 2.24) is 10.3 Å². The molecule has 2 rings (SSSR count). The average molecular weight is 420 g/mol. The van der Waals surface area contributed by atoms with Crippen molar-refractivity contribution in [2.24, 2.45) is 0 Å². The predicted molar refractivity (Wildman–Crippen MR) is 115 cm³/mol. The van der Waals surface area contributed by atoms with Gasteiger partial charge in [-0.05, 0) is 63.4 Å². The number of sulfone groups is 1. The van der Waals surface area contributed by atoms with Crippen molar-refractivity contribution >= 4 is 21.7 Å². The fourth-order valence-electron chi connectivity index (χ4n) is 2.53. The number of amides is 1. The van der Waals surface area contributed by atoms with E-state index in [2.05, 4.69) is 15.6 Å². The van der Waals surface area contributed by atoms with Gasteiger partial charge in [-0.3, -0.25) is 0 Å². The quantitative estimate of drug-likeness (QED) is 0.631. The summed E-state index contributed by atoms with van der Waals surface area (Å²) in [4.78, 5) is 16.2. The molecular formula is C21H29N3O4S. The van der Waals surface area contributed by atoms with Gasteiger partial charge in [-0.1, -0.05) is 12.1 Å². The predicted octanol–water partition coefficient (Wildman–Crippen LogP) is 3.87. The molecule has 0 unspecified atom stereocenters. The molecule has 0 aliphatic heterocycles. The highest BCUT2D eigenvalue weighted by Crippen LogP contribution is 2.21.